The number of benzene rings is 10. The van der Waals surface area contributed by atoms with Crippen molar-refractivity contribution in [1.29, 1.82) is 0 Å². The van der Waals surface area contributed by atoms with E-state index >= 15 is 0 Å². The average molecular weight is 795 g/mol. The molecule has 10 aromatic carbocycles. The smallest absolute Gasteiger partial charge is 0.0562 e. The van der Waals surface area contributed by atoms with Crippen molar-refractivity contribution in [1.82, 2.24) is 4.57 Å². The molecule has 0 aliphatic carbocycles. The minimum Gasteiger partial charge on any atom is -0.309 e. The summed E-state index contributed by atoms with van der Waals surface area (Å²) in [5, 5.41) is 7.48. The molecule has 0 amide bonds. The summed E-state index contributed by atoms with van der Waals surface area (Å²) in [6.45, 7) is 0. The summed E-state index contributed by atoms with van der Waals surface area (Å²) < 4.78 is 5.01. The standard InChI is InChI=1S/C58H38N2S/c1-3-18-40(19-4-1)51-38-42(36-37-45(51)44-28-15-21-39-20-7-8-24-43(39)44)60(52-31-12-9-25-46(52)48-29-16-30-49-47-26-11-14-35-56(47)61-58(48)49)55-34-17-33-54-57(55)50-27-10-13-32-53(50)59(54)41-22-5-2-6-23-41/h1-38H. The number of anilines is 3. The highest BCUT2D eigenvalue weighted by Crippen LogP contribution is 2.50. The minimum atomic E-state index is 1.09. The molecule has 0 aliphatic heterocycles. The molecule has 0 saturated heterocycles. The van der Waals surface area contributed by atoms with E-state index < -0.39 is 0 Å². The minimum absolute atomic E-state index is 1.09. The van der Waals surface area contributed by atoms with Crippen LogP contribution in [-0.4, -0.2) is 4.57 Å². The first-order valence-corrected chi connectivity index (χ1v) is 21.7. The Morgan fingerprint density at radius 3 is 1.85 bits per heavy atom. The van der Waals surface area contributed by atoms with Crippen molar-refractivity contribution in [2.24, 2.45) is 0 Å². The molecule has 0 radical (unpaired) electrons. The fourth-order valence-corrected chi connectivity index (χ4v) is 10.8. The van der Waals surface area contributed by atoms with Gasteiger partial charge in [-0.1, -0.05) is 176 Å². The third kappa shape index (κ3) is 5.78. The van der Waals surface area contributed by atoms with Crippen molar-refractivity contribution in [2.75, 3.05) is 4.90 Å². The van der Waals surface area contributed by atoms with Crippen LogP contribution in [0.3, 0.4) is 0 Å². The van der Waals surface area contributed by atoms with Crippen LogP contribution >= 0.6 is 11.3 Å². The number of aromatic nitrogens is 1. The zero-order valence-corrected chi connectivity index (χ0v) is 34.1. The van der Waals surface area contributed by atoms with Gasteiger partial charge in [-0.2, -0.15) is 0 Å². The van der Waals surface area contributed by atoms with Crippen LogP contribution in [0.4, 0.5) is 17.1 Å². The van der Waals surface area contributed by atoms with Gasteiger partial charge in [0.15, 0.2) is 0 Å². The molecule has 0 unspecified atom stereocenters. The summed E-state index contributed by atoms with van der Waals surface area (Å²) in [6.07, 6.45) is 0. The molecule has 2 nitrogen and oxygen atoms in total. The van der Waals surface area contributed by atoms with Crippen molar-refractivity contribution in [3.05, 3.63) is 231 Å². The third-order valence-electron chi connectivity index (χ3n) is 12.2. The average Bonchev–Trinajstić information content (AvgIpc) is 3.89. The number of thiophene rings is 1. The Hall–Kier alpha value is -7.72. The Labute approximate surface area is 358 Å². The first-order valence-electron chi connectivity index (χ1n) is 20.9. The fraction of sp³-hybridized carbons (Fsp3) is 0. The first-order chi connectivity index (χ1) is 30.3. The molecule has 2 aromatic heterocycles. The van der Waals surface area contributed by atoms with E-state index in [4.69, 9.17) is 0 Å². The second kappa shape index (κ2) is 14.5. The molecule has 0 aliphatic rings. The van der Waals surface area contributed by atoms with E-state index in [9.17, 15) is 0 Å². The second-order valence-corrected chi connectivity index (χ2v) is 16.7. The lowest BCUT2D eigenvalue weighted by atomic mass is 9.90. The van der Waals surface area contributed by atoms with Gasteiger partial charge in [0.25, 0.3) is 0 Å². The summed E-state index contributed by atoms with van der Waals surface area (Å²) in [6, 6.07) is 84.3. The number of rotatable bonds is 7. The monoisotopic (exact) mass is 794 g/mol. The quantitative estimate of drug-likeness (QED) is 0.156. The third-order valence-corrected chi connectivity index (χ3v) is 13.4. The van der Waals surface area contributed by atoms with Crippen molar-refractivity contribution in [2.45, 2.75) is 0 Å². The number of hydrogen-bond donors (Lipinski definition) is 0. The predicted molar refractivity (Wildman–Crippen MR) is 262 cm³/mol. The number of fused-ring (bicyclic) bond motifs is 7. The Bertz CT molecular complexity index is 3590. The van der Waals surface area contributed by atoms with Crippen LogP contribution < -0.4 is 4.90 Å². The Balaban J connectivity index is 1.18. The van der Waals surface area contributed by atoms with Gasteiger partial charge in [0.1, 0.15) is 0 Å². The highest BCUT2D eigenvalue weighted by Gasteiger charge is 2.25. The van der Waals surface area contributed by atoms with Crippen molar-refractivity contribution < 1.29 is 0 Å². The van der Waals surface area contributed by atoms with E-state index in [1.807, 2.05) is 11.3 Å². The van der Waals surface area contributed by atoms with Crippen LogP contribution in [0.5, 0.6) is 0 Å². The molecule has 0 saturated carbocycles. The van der Waals surface area contributed by atoms with E-state index in [1.54, 1.807) is 0 Å². The molecule has 0 bridgehead atoms. The molecule has 0 N–H and O–H groups in total. The zero-order chi connectivity index (χ0) is 40.3. The van der Waals surface area contributed by atoms with Crippen LogP contribution in [0.25, 0.3) is 91.8 Å². The zero-order valence-electron chi connectivity index (χ0n) is 33.2. The van der Waals surface area contributed by atoms with E-state index in [0.717, 1.165) is 28.3 Å². The topological polar surface area (TPSA) is 8.17 Å². The van der Waals surface area contributed by atoms with Crippen molar-refractivity contribution in [3.63, 3.8) is 0 Å². The Morgan fingerprint density at radius 1 is 0.361 bits per heavy atom. The Kier molecular flexibility index (Phi) is 8.39. The van der Waals surface area contributed by atoms with Gasteiger partial charge in [0, 0.05) is 53.4 Å². The van der Waals surface area contributed by atoms with Gasteiger partial charge in [-0.3, -0.25) is 0 Å². The van der Waals surface area contributed by atoms with Crippen LogP contribution in [0.15, 0.2) is 231 Å². The molecule has 2 heterocycles. The molecule has 0 atom stereocenters. The Morgan fingerprint density at radius 2 is 0.967 bits per heavy atom. The summed E-state index contributed by atoms with van der Waals surface area (Å²) >= 11 is 1.88. The normalized spacial score (nSPS) is 11.6. The van der Waals surface area contributed by atoms with E-state index in [1.165, 1.54) is 80.6 Å². The predicted octanol–water partition coefficient (Wildman–Crippen LogP) is 16.8. The van der Waals surface area contributed by atoms with Crippen LogP contribution in [0.1, 0.15) is 0 Å². The molecule has 0 spiro atoms. The van der Waals surface area contributed by atoms with Crippen LogP contribution in [0, 0.1) is 0 Å². The number of hydrogen-bond acceptors (Lipinski definition) is 2. The largest absolute Gasteiger partial charge is 0.309 e. The first kappa shape index (κ1) is 35.2. The van der Waals surface area contributed by atoms with Crippen LogP contribution in [0.2, 0.25) is 0 Å². The van der Waals surface area contributed by atoms with Gasteiger partial charge >= 0.3 is 0 Å². The molecular formula is C58H38N2S. The highest BCUT2D eigenvalue weighted by molar-refractivity contribution is 7.26. The van der Waals surface area contributed by atoms with Crippen LogP contribution in [-0.2, 0) is 0 Å². The molecule has 3 heteroatoms. The van der Waals surface area contributed by atoms with Crippen molar-refractivity contribution in [3.8, 4) is 39.1 Å². The van der Waals surface area contributed by atoms with E-state index in [0.29, 0.717) is 0 Å². The summed E-state index contributed by atoms with van der Waals surface area (Å²) in [7, 11) is 0. The highest BCUT2D eigenvalue weighted by atomic mass is 32.1. The lowest BCUT2D eigenvalue weighted by Gasteiger charge is -2.30. The number of para-hydroxylation sites is 3. The molecule has 0 fully saturated rings. The molecule has 12 aromatic rings. The van der Waals surface area contributed by atoms with Gasteiger partial charge in [-0.15, -0.1) is 11.3 Å². The molecule has 286 valence electrons. The maximum absolute atomic E-state index is 2.52. The lowest BCUT2D eigenvalue weighted by Crippen LogP contribution is -2.12. The summed E-state index contributed by atoms with van der Waals surface area (Å²) in [4.78, 5) is 2.52. The van der Waals surface area contributed by atoms with Crippen molar-refractivity contribution >= 4 is 81.1 Å². The van der Waals surface area contributed by atoms with E-state index in [2.05, 4.69) is 240 Å². The van der Waals surface area contributed by atoms with Gasteiger partial charge in [-0.05, 0) is 87.6 Å². The van der Waals surface area contributed by atoms with Gasteiger partial charge < -0.3 is 9.47 Å². The SMILES string of the molecule is c1ccc(-c2cc(N(c3ccccc3-c3cccc4c3sc3ccccc34)c3cccc4c3c3ccccc3n4-c3ccccc3)ccc2-c2cccc3ccccc23)cc1. The van der Waals surface area contributed by atoms with E-state index in [-0.39, 0.29) is 0 Å². The van der Waals surface area contributed by atoms with Gasteiger partial charge in [0.2, 0.25) is 0 Å². The molecular weight excluding hydrogens is 757 g/mol. The summed E-state index contributed by atoms with van der Waals surface area (Å²) in [5.74, 6) is 0. The number of nitrogens with zero attached hydrogens (tertiary/aromatic N) is 2. The second-order valence-electron chi connectivity index (χ2n) is 15.6. The molecule has 12 rings (SSSR count). The lowest BCUT2D eigenvalue weighted by molar-refractivity contribution is 1.18. The van der Waals surface area contributed by atoms with Gasteiger partial charge in [0.05, 0.1) is 22.4 Å². The maximum atomic E-state index is 2.52. The maximum Gasteiger partial charge on any atom is 0.0562 e. The molecule has 61 heavy (non-hydrogen) atoms. The fourth-order valence-electron chi connectivity index (χ4n) is 9.53. The van der Waals surface area contributed by atoms with Gasteiger partial charge in [-0.25, -0.2) is 0 Å². The summed E-state index contributed by atoms with van der Waals surface area (Å²) in [5.41, 5.74) is 14.0.